The Hall–Kier alpha value is -0.960. The van der Waals surface area contributed by atoms with E-state index >= 15 is 0 Å². The van der Waals surface area contributed by atoms with Gasteiger partial charge in [-0.2, -0.15) is 0 Å². The molecule has 0 aromatic carbocycles. The van der Waals surface area contributed by atoms with Crippen LogP contribution < -0.4 is 5.32 Å². The molecule has 0 saturated carbocycles. The highest BCUT2D eigenvalue weighted by Gasteiger charge is 2.16. The summed E-state index contributed by atoms with van der Waals surface area (Å²) in [4.78, 5) is 2.16. The maximum absolute atomic E-state index is 8.90. The molecule has 1 unspecified atom stereocenters. The van der Waals surface area contributed by atoms with Gasteiger partial charge < -0.3 is 15.3 Å². The van der Waals surface area contributed by atoms with Gasteiger partial charge in [0.1, 0.15) is 0 Å². The average Bonchev–Trinajstić information content (AvgIpc) is 2.72. The number of allylic oxidation sites excluding steroid dienone is 2. The van der Waals surface area contributed by atoms with Crippen LogP contribution in [0.4, 0.5) is 0 Å². The van der Waals surface area contributed by atoms with Gasteiger partial charge in [0, 0.05) is 18.9 Å². The Kier molecular flexibility index (Phi) is 6.74. The second-order valence-electron chi connectivity index (χ2n) is 4.15. The molecule has 3 heteroatoms. The molecule has 1 aliphatic heterocycles. The van der Waals surface area contributed by atoms with E-state index in [1.807, 2.05) is 12.4 Å². The molecular weight excluding hydrogens is 200 g/mol. The van der Waals surface area contributed by atoms with Gasteiger partial charge in [0.2, 0.25) is 0 Å². The van der Waals surface area contributed by atoms with Crippen LogP contribution in [0, 0.1) is 0 Å². The first-order valence-corrected chi connectivity index (χ1v) is 6.32. The van der Waals surface area contributed by atoms with E-state index in [1.54, 1.807) is 0 Å². The molecule has 0 aromatic heterocycles. The Balaban J connectivity index is 2.08. The van der Waals surface area contributed by atoms with Crippen LogP contribution in [0.25, 0.3) is 0 Å². The Bertz CT molecular complexity index is 226. The fourth-order valence-electron chi connectivity index (χ4n) is 1.88. The minimum Gasteiger partial charge on any atom is -0.395 e. The summed E-state index contributed by atoms with van der Waals surface area (Å²) in [6, 6.07) is 0. The smallest absolute Gasteiger partial charge is 0.0982 e. The number of nitrogens with zero attached hydrogens (tertiary/aromatic N) is 1. The van der Waals surface area contributed by atoms with Gasteiger partial charge in [-0.05, 0) is 25.7 Å². The predicted octanol–water partition coefficient (Wildman–Crippen LogP) is 2.21. The largest absolute Gasteiger partial charge is 0.395 e. The van der Waals surface area contributed by atoms with Crippen LogP contribution in [-0.2, 0) is 0 Å². The maximum Gasteiger partial charge on any atom is 0.0982 e. The molecule has 1 heterocycles. The van der Waals surface area contributed by atoms with Crippen LogP contribution in [0.5, 0.6) is 0 Å². The molecule has 2 N–H and O–H groups in total. The van der Waals surface area contributed by atoms with Gasteiger partial charge in [0.25, 0.3) is 0 Å². The van der Waals surface area contributed by atoms with Gasteiger partial charge in [-0.3, -0.25) is 0 Å². The van der Waals surface area contributed by atoms with Crippen molar-refractivity contribution in [3.8, 4) is 0 Å². The molecule has 0 bridgehead atoms. The zero-order valence-electron chi connectivity index (χ0n) is 10.2. The van der Waals surface area contributed by atoms with E-state index in [0.29, 0.717) is 6.17 Å². The van der Waals surface area contributed by atoms with Crippen LogP contribution in [-0.4, -0.2) is 29.3 Å². The maximum atomic E-state index is 8.90. The van der Waals surface area contributed by atoms with Gasteiger partial charge >= 0.3 is 0 Å². The standard InChI is InChI=1S/C13H24N2O/c1-2-3-4-5-6-7-8-13-14-9-10-15(13)11-12-16/h4-5,9-10,13-14,16H,2-3,6-8,11-12H2,1H3/b5-4+. The summed E-state index contributed by atoms with van der Waals surface area (Å²) in [6.45, 7) is 3.14. The van der Waals surface area contributed by atoms with Crippen LogP contribution in [0.1, 0.15) is 39.0 Å². The third-order valence-electron chi connectivity index (χ3n) is 2.78. The molecule has 0 spiro atoms. The number of rotatable bonds is 8. The molecule has 0 saturated heterocycles. The number of aliphatic hydroxyl groups excluding tert-OH is 1. The first-order chi connectivity index (χ1) is 7.88. The molecule has 0 amide bonds. The minimum atomic E-state index is 0.221. The lowest BCUT2D eigenvalue weighted by Gasteiger charge is -2.24. The van der Waals surface area contributed by atoms with Gasteiger partial charge in [0.05, 0.1) is 12.8 Å². The van der Waals surface area contributed by atoms with E-state index in [2.05, 4.69) is 29.3 Å². The normalized spacial score (nSPS) is 19.6. The molecule has 1 atom stereocenters. The zero-order chi connectivity index (χ0) is 11.6. The van der Waals surface area contributed by atoms with Gasteiger partial charge in [0.15, 0.2) is 0 Å². The third kappa shape index (κ3) is 4.71. The lowest BCUT2D eigenvalue weighted by atomic mass is 10.1. The Morgan fingerprint density at radius 1 is 1.38 bits per heavy atom. The van der Waals surface area contributed by atoms with E-state index in [1.165, 1.54) is 19.3 Å². The SMILES string of the molecule is CCC/C=C/CCCC1NC=CN1CCO. The Morgan fingerprint density at radius 2 is 2.19 bits per heavy atom. The van der Waals surface area contributed by atoms with E-state index in [4.69, 9.17) is 5.11 Å². The molecule has 92 valence electrons. The summed E-state index contributed by atoms with van der Waals surface area (Å²) in [6.07, 6.45) is 14.8. The topological polar surface area (TPSA) is 35.5 Å². The fourth-order valence-corrected chi connectivity index (χ4v) is 1.88. The van der Waals surface area contributed by atoms with Crippen LogP contribution in [0.2, 0.25) is 0 Å². The lowest BCUT2D eigenvalue weighted by molar-refractivity contribution is 0.194. The van der Waals surface area contributed by atoms with Gasteiger partial charge in [-0.15, -0.1) is 0 Å². The molecule has 0 radical (unpaired) electrons. The van der Waals surface area contributed by atoms with E-state index < -0.39 is 0 Å². The summed E-state index contributed by atoms with van der Waals surface area (Å²) < 4.78 is 0. The Morgan fingerprint density at radius 3 is 2.94 bits per heavy atom. The monoisotopic (exact) mass is 224 g/mol. The molecule has 1 aliphatic rings. The minimum absolute atomic E-state index is 0.221. The van der Waals surface area contributed by atoms with Crippen molar-refractivity contribution in [1.82, 2.24) is 10.2 Å². The number of unbranched alkanes of at least 4 members (excludes halogenated alkanes) is 2. The zero-order valence-corrected chi connectivity index (χ0v) is 10.2. The van der Waals surface area contributed by atoms with Gasteiger partial charge in [-0.1, -0.05) is 25.5 Å². The van der Waals surface area contributed by atoms with E-state index in [-0.39, 0.29) is 6.61 Å². The first kappa shape index (κ1) is 13.1. The molecule has 0 aromatic rings. The van der Waals surface area contributed by atoms with Crippen molar-refractivity contribution in [2.45, 2.75) is 45.2 Å². The van der Waals surface area contributed by atoms with E-state index in [0.717, 1.165) is 19.4 Å². The van der Waals surface area contributed by atoms with Crippen molar-refractivity contribution >= 4 is 0 Å². The summed E-state index contributed by atoms with van der Waals surface area (Å²) in [7, 11) is 0. The molecular formula is C13H24N2O. The highest BCUT2D eigenvalue weighted by molar-refractivity contribution is 4.94. The highest BCUT2D eigenvalue weighted by atomic mass is 16.3. The van der Waals surface area contributed by atoms with Crippen molar-refractivity contribution in [3.05, 3.63) is 24.6 Å². The summed E-state index contributed by atoms with van der Waals surface area (Å²) in [5.41, 5.74) is 0. The first-order valence-electron chi connectivity index (χ1n) is 6.32. The predicted molar refractivity (Wildman–Crippen MR) is 67.8 cm³/mol. The van der Waals surface area contributed by atoms with Crippen molar-refractivity contribution in [2.75, 3.05) is 13.2 Å². The lowest BCUT2D eigenvalue weighted by Crippen LogP contribution is -2.36. The second-order valence-corrected chi connectivity index (χ2v) is 4.15. The quantitative estimate of drug-likeness (QED) is 0.490. The molecule has 16 heavy (non-hydrogen) atoms. The highest BCUT2D eigenvalue weighted by Crippen LogP contribution is 2.11. The van der Waals surface area contributed by atoms with Crippen molar-refractivity contribution in [2.24, 2.45) is 0 Å². The number of aliphatic hydroxyl groups is 1. The molecule has 3 nitrogen and oxygen atoms in total. The number of hydrogen-bond donors (Lipinski definition) is 2. The van der Waals surface area contributed by atoms with Gasteiger partial charge in [-0.25, -0.2) is 0 Å². The van der Waals surface area contributed by atoms with Crippen molar-refractivity contribution in [3.63, 3.8) is 0 Å². The number of hydrogen-bond acceptors (Lipinski definition) is 3. The van der Waals surface area contributed by atoms with E-state index in [9.17, 15) is 0 Å². The summed E-state index contributed by atoms with van der Waals surface area (Å²) >= 11 is 0. The second kappa shape index (κ2) is 8.22. The van der Waals surface area contributed by atoms with Crippen LogP contribution >= 0.6 is 0 Å². The number of nitrogens with one attached hydrogen (secondary N) is 1. The van der Waals surface area contributed by atoms with Crippen LogP contribution in [0.15, 0.2) is 24.6 Å². The average molecular weight is 224 g/mol. The molecule has 0 aliphatic carbocycles. The third-order valence-corrected chi connectivity index (χ3v) is 2.78. The van der Waals surface area contributed by atoms with Crippen LogP contribution in [0.3, 0.4) is 0 Å². The number of β-amino-alcohol motifs (C(OH)–C–C–N with tert-alkyl or cyclic N) is 1. The van der Waals surface area contributed by atoms with Crippen molar-refractivity contribution in [1.29, 1.82) is 0 Å². The summed E-state index contributed by atoms with van der Waals surface area (Å²) in [5.74, 6) is 0. The van der Waals surface area contributed by atoms with Crippen molar-refractivity contribution < 1.29 is 5.11 Å². The Labute approximate surface area is 98.8 Å². The molecule has 1 rings (SSSR count). The fraction of sp³-hybridized carbons (Fsp3) is 0.692. The summed E-state index contributed by atoms with van der Waals surface area (Å²) in [5, 5.41) is 12.2. The molecule has 0 fully saturated rings.